The molecule has 7 aromatic carbocycles. The van der Waals surface area contributed by atoms with Crippen LogP contribution in [0.4, 0.5) is 0 Å². The second-order valence-electron chi connectivity index (χ2n) is 13.0. The van der Waals surface area contributed by atoms with E-state index in [1.165, 1.54) is 5.39 Å². The summed E-state index contributed by atoms with van der Waals surface area (Å²) < 4.78 is 15.2. The summed E-state index contributed by atoms with van der Waals surface area (Å²) in [5.41, 5.74) is 9.69. The van der Waals surface area contributed by atoms with Crippen LogP contribution in [-0.2, 0) is 0 Å². The largest absolute Gasteiger partial charge is 0.456 e. The van der Waals surface area contributed by atoms with E-state index in [2.05, 4.69) is 107 Å². The molecule has 1 aliphatic rings. The van der Waals surface area contributed by atoms with Crippen LogP contribution in [0.1, 0.15) is 22.9 Å². The number of hydrogen-bond acceptors (Lipinski definition) is 5. The van der Waals surface area contributed by atoms with Gasteiger partial charge >= 0.3 is 0 Å². The van der Waals surface area contributed by atoms with Crippen molar-refractivity contribution in [2.24, 2.45) is 9.98 Å². The van der Waals surface area contributed by atoms with Crippen molar-refractivity contribution in [3.63, 3.8) is 0 Å². The molecular formula is C45H28N4O2. The summed E-state index contributed by atoms with van der Waals surface area (Å²) in [5.74, 6) is 1.44. The molecular weight excluding hydrogens is 629 g/mol. The summed E-state index contributed by atoms with van der Waals surface area (Å²) >= 11 is 0. The number of aliphatic imine (C=N–C) groups is 2. The molecule has 240 valence electrons. The lowest BCUT2D eigenvalue weighted by molar-refractivity contribution is 0.667. The highest BCUT2D eigenvalue weighted by Gasteiger charge is 2.24. The smallest absolute Gasteiger partial charge is 0.159 e. The standard InChI is InChI=1S/C45H28N4O2/c1-3-12-27(13-4-1)43-46-44(28-14-5-2-6-15-28)48-45(47-43)32-18-11-21-40-42(32)35-24-29(22-23-39(35)50-40)49-36-19-9-7-16-30(36)33-26-41-34(25-37(33)49)31-17-8-10-20-38(31)51-41/h1-26,43H,(H,46,47,48). The number of aromatic nitrogens is 1. The Morgan fingerprint density at radius 2 is 1.24 bits per heavy atom. The van der Waals surface area contributed by atoms with Gasteiger partial charge in [0.2, 0.25) is 0 Å². The van der Waals surface area contributed by atoms with Gasteiger partial charge in [0.25, 0.3) is 0 Å². The van der Waals surface area contributed by atoms with E-state index >= 15 is 0 Å². The monoisotopic (exact) mass is 656 g/mol. The van der Waals surface area contributed by atoms with Gasteiger partial charge in [0.1, 0.15) is 34.3 Å². The van der Waals surface area contributed by atoms with E-state index in [4.69, 9.17) is 18.8 Å². The van der Waals surface area contributed by atoms with Crippen LogP contribution >= 0.6 is 0 Å². The van der Waals surface area contributed by atoms with Crippen LogP contribution in [0.25, 0.3) is 71.4 Å². The predicted molar refractivity (Wildman–Crippen MR) is 207 cm³/mol. The molecule has 6 nitrogen and oxygen atoms in total. The van der Waals surface area contributed by atoms with E-state index in [1.807, 2.05) is 60.7 Å². The van der Waals surface area contributed by atoms with Crippen LogP contribution < -0.4 is 5.32 Å². The van der Waals surface area contributed by atoms with Gasteiger partial charge in [-0.2, -0.15) is 0 Å². The number of nitrogens with one attached hydrogen (secondary N) is 1. The first-order valence-corrected chi connectivity index (χ1v) is 17.1. The van der Waals surface area contributed by atoms with Gasteiger partial charge in [-0.3, -0.25) is 0 Å². The minimum atomic E-state index is -0.300. The Morgan fingerprint density at radius 3 is 2.12 bits per heavy atom. The van der Waals surface area contributed by atoms with Gasteiger partial charge in [-0.05, 0) is 54.1 Å². The number of furan rings is 2. The molecule has 0 amide bonds. The molecule has 0 saturated heterocycles. The quantitative estimate of drug-likeness (QED) is 0.205. The van der Waals surface area contributed by atoms with Crippen molar-refractivity contribution in [2.45, 2.75) is 6.17 Å². The SMILES string of the molecule is c1ccc(C2=NC(c3ccccc3)NC(c3cccc4oc5ccc(-n6c7ccccc7c7cc8oc9ccccc9c8cc76)cc5c34)=N2)cc1. The lowest BCUT2D eigenvalue weighted by Crippen LogP contribution is -2.33. The van der Waals surface area contributed by atoms with E-state index in [9.17, 15) is 0 Å². The maximum atomic E-state index is 6.51. The maximum Gasteiger partial charge on any atom is 0.159 e. The molecule has 0 fully saturated rings. The fourth-order valence-corrected chi connectivity index (χ4v) is 7.72. The van der Waals surface area contributed by atoms with E-state index < -0.39 is 0 Å². The summed E-state index contributed by atoms with van der Waals surface area (Å²) in [4.78, 5) is 10.2. The van der Waals surface area contributed by atoms with Gasteiger partial charge in [-0.25, -0.2) is 9.98 Å². The number of benzene rings is 7. The first-order valence-electron chi connectivity index (χ1n) is 17.1. The zero-order chi connectivity index (χ0) is 33.5. The summed E-state index contributed by atoms with van der Waals surface area (Å²) in [5, 5.41) is 10.2. The highest BCUT2D eigenvalue weighted by Crippen LogP contribution is 2.40. The topological polar surface area (TPSA) is 68.0 Å². The third-order valence-electron chi connectivity index (χ3n) is 10.1. The van der Waals surface area contributed by atoms with Gasteiger partial charge in [0.15, 0.2) is 5.84 Å². The van der Waals surface area contributed by atoms with Crippen molar-refractivity contribution in [2.75, 3.05) is 0 Å². The van der Waals surface area contributed by atoms with E-state index in [-0.39, 0.29) is 6.17 Å². The normalized spacial score (nSPS) is 14.9. The highest BCUT2D eigenvalue weighted by atomic mass is 16.3. The Hall–Kier alpha value is -6.92. The third-order valence-corrected chi connectivity index (χ3v) is 10.1. The highest BCUT2D eigenvalue weighted by molar-refractivity contribution is 6.22. The summed E-state index contributed by atoms with van der Waals surface area (Å²) in [6, 6.07) is 54.4. The van der Waals surface area contributed by atoms with E-state index in [0.717, 1.165) is 88.5 Å². The molecule has 1 aliphatic heterocycles. The van der Waals surface area contributed by atoms with Crippen molar-refractivity contribution >= 4 is 77.4 Å². The van der Waals surface area contributed by atoms with Crippen LogP contribution in [0.15, 0.2) is 177 Å². The fraction of sp³-hybridized carbons (Fsp3) is 0.0222. The molecule has 11 rings (SSSR count). The molecule has 0 spiro atoms. The fourth-order valence-electron chi connectivity index (χ4n) is 7.72. The molecule has 1 unspecified atom stereocenters. The molecule has 4 heterocycles. The van der Waals surface area contributed by atoms with E-state index in [0.29, 0.717) is 5.84 Å². The second kappa shape index (κ2) is 10.8. The second-order valence-corrected chi connectivity index (χ2v) is 13.0. The van der Waals surface area contributed by atoms with E-state index in [1.54, 1.807) is 0 Å². The lowest BCUT2D eigenvalue weighted by atomic mass is 10.0. The molecule has 1 atom stereocenters. The van der Waals surface area contributed by atoms with Gasteiger partial charge < -0.3 is 18.7 Å². The number of hydrogen-bond donors (Lipinski definition) is 1. The molecule has 51 heavy (non-hydrogen) atoms. The zero-order valence-electron chi connectivity index (χ0n) is 27.2. The lowest BCUT2D eigenvalue weighted by Gasteiger charge is -2.24. The van der Waals surface area contributed by atoms with Gasteiger partial charge in [0.05, 0.1) is 11.0 Å². The Morgan fingerprint density at radius 1 is 0.510 bits per heavy atom. The van der Waals surface area contributed by atoms with Crippen molar-refractivity contribution in [1.29, 1.82) is 0 Å². The van der Waals surface area contributed by atoms with Crippen LogP contribution in [0, 0.1) is 0 Å². The third kappa shape index (κ3) is 4.30. The van der Waals surface area contributed by atoms with Crippen LogP contribution in [0.2, 0.25) is 0 Å². The average Bonchev–Trinajstić information content (AvgIpc) is 3.86. The van der Waals surface area contributed by atoms with Crippen LogP contribution in [0.3, 0.4) is 0 Å². The Bertz CT molecular complexity index is 3060. The van der Waals surface area contributed by atoms with Crippen molar-refractivity contribution in [1.82, 2.24) is 9.88 Å². The Kier molecular flexibility index (Phi) is 5.92. The molecule has 3 aromatic heterocycles. The summed E-state index contributed by atoms with van der Waals surface area (Å²) in [7, 11) is 0. The molecule has 10 aromatic rings. The first-order chi connectivity index (χ1) is 25.3. The molecule has 0 saturated carbocycles. The number of para-hydroxylation sites is 2. The molecule has 0 radical (unpaired) electrons. The Balaban J connectivity index is 1.14. The van der Waals surface area contributed by atoms with Crippen LogP contribution in [-0.4, -0.2) is 16.2 Å². The Labute approximate surface area is 291 Å². The first kappa shape index (κ1) is 28.0. The zero-order valence-corrected chi connectivity index (χ0v) is 27.2. The number of rotatable bonds is 4. The number of nitrogens with zero attached hydrogens (tertiary/aromatic N) is 3. The number of amidine groups is 2. The summed E-state index contributed by atoms with van der Waals surface area (Å²) in [6.07, 6.45) is -0.300. The van der Waals surface area contributed by atoms with Gasteiger partial charge in [-0.15, -0.1) is 0 Å². The maximum absolute atomic E-state index is 6.51. The molecule has 6 heteroatoms. The van der Waals surface area contributed by atoms with Gasteiger partial charge in [-0.1, -0.05) is 109 Å². The minimum Gasteiger partial charge on any atom is -0.456 e. The predicted octanol–water partition coefficient (Wildman–Crippen LogP) is 11.1. The minimum absolute atomic E-state index is 0.300. The van der Waals surface area contributed by atoms with Crippen molar-refractivity contribution < 1.29 is 8.83 Å². The molecule has 0 aliphatic carbocycles. The van der Waals surface area contributed by atoms with Gasteiger partial charge in [0, 0.05) is 49.1 Å². The molecule has 0 bridgehead atoms. The number of fused-ring (bicyclic) bond motifs is 9. The summed E-state index contributed by atoms with van der Waals surface area (Å²) in [6.45, 7) is 0. The van der Waals surface area contributed by atoms with Crippen LogP contribution in [0.5, 0.6) is 0 Å². The average molecular weight is 657 g/mol. The van der Waals surface area contributed by atoms with Crippen molar-refractivity contribution in [3.05, 3.63) is 174 Å². The van der Waals surface area contributed by atoms with Crippen molar-refractivity contribution in [3.8, 4) is 5.69 Å². The molecule has 1 N–H and O–H groups in total.